The summed E-state index contributed by atoms with van der Waals surface area (Å²) in [5.41, 5.74) is 0.998. The van der Waals surface area contributed by atoms with E-state index in [1.807, 2.05) is 6.07 Å². The molecule has 0 heterocycles. The molecule has 1 N–H and O–H groups in total. The van der Waals surface area contributed by atoms with Crippen LogP contribution in [0, 0.1) is 17.1 Å². The minimum absolute atomic E-state index is 0.109. The van der Waals surface area contributed by atoms with Crippen LogP contribution >= 0.6 is 11.8 Å². The van der Waals surface area contributed by atoms with E-state index in [0.29, 0.717) is 24.1 Å². The summed E-state index contributed by atoms with van der Waals surface area (Å²) in [5, 5.41) is 11.7. The van der Waals surface area contributed by atoms with Crippen molar-refractivity contribution in [1.82, 2.24) is 0 Å². The molecule has 2 aromatic rings. The van der Waals surface area contributed by atoms with Gasteiger partial charge in [0.15, 0.2) is 0 Å². The summed E-state index contributed by atoms with van der Waals surface area (Å²) in [4.78, 5) is 12.8. The second-order valence-corrected chi connectivity index (χ2v) is 5.78. The molecule has 22 heavy (non-hydrogen) atoms. The number of thioether (sulfide) groups is 1. The average molecular weight is 314 g/mol. The molecule has 0 aliphatic rings. The molecule has 0 saturated carbocycles. The molecule has 3 nitrogen and oxygen atoms in total. The molecule has 5 heteroatoms. The normalized spacial score (nSPS) is 10.0. The number of benzene rings is 2. The molecule has 2 rings (SSSR count). The van der Waals surface area contributed by atoms with Gasteiger partial charge in [0.1, 0.15) is 11.9 Å². The van der Waals surface area contributed by atoms with Gasteiger partial charge in [-0.15, -0.1) is 11.8 Å². The molecule has 0 fully saturated rings. The number of para-hydroxylation sites is 1. The Morgan fingerprint density at radius 2 is 1.91 bits per heavy atom. The summed E-state index contributed by atoms with van der Waals surface area (Å²) in [6, 6.07) is 15.3. The van der Waals surface area contributed by atoms with E-state index in [1.165, 1.54) is 12.1 Å². The van der Waals surface area contributed by atoms with E-state index < -0.39 is 0 Å². The number of nitrogens with zero attached hydrogens (tertiary/aromatic N) is 1. The quantitative estimate of drug-likeness (QED) is 0.642. The van der Waals surface area contributed by atoms with Crippen molar-refractivity contribution in [2.45, 2.75) is 17.7 Å². The van der Waals surface area contributed by atoms with Gasteiger partial charge >= 0.3 is 0 Å². The molecule has 0 bridgehead atoms. The molecule has 0 saturated heterocycles. The van der Waals surface area contributed by atoms with E-state index in [1.54, 1.807) is 48.2 Å². The van der Waals surface area contributed by atoms with Crippen molar-refractivity contribution in [2.75, 3.05) is 11.1 Å². The van der Waals surface area contributed by atoms with E-state index in [-0.39, 0.29) is 11.7 Å². The third-order valence-electron chi connectivity index (χ3n) is 2.95. The molecular weight excluding hydrogens is 299 g/mol. The first kappa shape index (κ1) is 16.1. The summed E-state index contributed by atoms with van der Waals surface area (Å²) in [6.45, 7) is 0. The summed E-state index contributed by atoms with van der Waals surface area (Å²) < 4.78 is 12.8. The summed E-state index contributed by atoms with van der Waals surface area (Å²) in [5.74, 6) is 0.418. The Balaban J connectivity index is 1.74. The molecule has 0 aliphatic heterocycles. The topological polar surface area (TPSA) is 52.9 Å². The van der Waals surface area contributed by atoms with Crippen molar-refractivity contribution >= 4 is 23.4 Å². The number of halogens is 1. The smallest absolute Gasteiger partial charge is 0.224 e. The first-order chi connectivity index (χ1) is 10.7. The summed E-state index contributed by atoms with van der Waals surface area (Å²) in [6.07, 6.45) is 1.09. The van der Waals surface area contributed by atoms with Crippen LogP contribution in [-0.2, 0) is 4.79 Å². The predicted molar refractivity (Wildman–Crippen MR) is 86.1 cm³/mol. The largest absolute Gasteiger partial charge is 0.325 e. The standard InChI is InChI=1S/C17H15FN2OS/c18-14-7-9-15(10-8-14)22-11-3-6-17(21)20-16-5-2-1-4-13(16)12-19/h1-2,4-5,7-10H,3,6,11H2,(H,20,21). The average Bonchev–Trinajstić information content (AvgIpc) is 2.54. The molecule has 2 aromatic carbocycles. The fourth-order valence-corrected chi connectivity index (χ4v) is 2.71. The van der Waals surface area contributed by atoms with Crippen molar-refractivity contribution in [3.05, 3.63) is 59.9 Å². The van der Waals surface area contributed by atoms with Crippen molar-refractivity contribution in [3.8, 4) is 6.07 Å². The van der Waals surface area contributed by atoms with Gasteiger partial charge in [0, 0.05) is 11.3 Å². The zero-order valence-electron chi connectivity index (χ0n) is 11.9. The highest BCUT2D eigenvalue weighted by molar-refractivity contribution is 7.99. The highest BCUT2D eigenvalue weighted by Gasteiger charge is 2.06. The monoisotopic (exact) mass is 314 g/mol. The molecule has 1 amide bonds. The van der Waals surface area contributed by atoms with Crippen LogP contribution in [0.25, 0.3) is 0 Å². The van der Waals surface area contributed by atoms with Gasteiger partial charge in [-0.2, -0.15) is 5.26 Å². The minimum atomic E-state index is -0.250. The number of hydrogen-bond acceptors (Lipinski definition) is 3. The van der Waals surface area contributed by atoms with E-state index in [4.69, 9.17) is 5.26 Å². The van der Waals surface area contributed by atoms with E-state index >= 15 is 0 Å². The Hall–Kier alpha value is -2.32. The maximum Gasteiger partial charge on any atom is 0.224 e. The highest BCUT2D eigenvalue weighted by Crippen LogP contribution is 2.20. The van der Waals surface area contributed by atoms with Gasteiger partial charge < -0.3 is 5.32 Å². The van der Waals surface area contributed by atoms with E-state index in [0.717, 1.165) is 10.6 Å². The highest BCUT2D eigenvalue weighted by atomic mass is 32.2. The Labute approximate surface area is 133 Å². The maximum atomic E-state index is 12.8. The van der Waals surface area contributed by atoms with Gasteiger partial charge in [0.25, 0.3) is 0 Å². The predicted octanol–water partition coefficient (Wildman–Crippen LogP) is 4.21. The third-order valence-corrected chi connectivity index (χ3v) is 4.05. The van der Waals surface area contributed by atoms with Crippen LogP contribution < -0.4 is 5.32 Å². The molecule has 112 valence electrons. The number of carbonyl (C=O) groups excluding carboxylic acids is 1. The number of hydrogen-bond donors (Lipinski definition) is 1. The number of nitriles is 1. The lowest BCUT2D eigenvalue weighted by Crippen LogP contribution is -2.12. The van der Waals surface area contributed by atoms with Crippen molar-refractivity contribution < 1.29 is 9.18 Å². The fraction of sp³-hybridized carbons (Fsp3) is 0.176. The van der Waals surface area contributed by atoms with Gasteiger partial charge in [0.05, 0.1) is 11.3 Å². The second-order valence-electron chi connectivity index (χ2n) is 4.61. The molecule has 0 aromatic heterocycles. The lowest BCUT2D eigenvalue weighted by molar-refractivity contribution is -0.116. The number of rotatable bonds is 6. The van der Waals surface area contributed by atoms with Crippen LogP contribution in [0.2, 0.25) is 0 Å². The van der Waals surface area contributed by atoms with Crippen molar-refractivity contribution in [1.29, 1.82) is 5.26 Å². The zero-order valence-corrected chi connectivity index (χ0v) is 12.7. The number of amides is 1. The van der Waals surface area contributed by atoms with Gasteiger partial charge in [0.2, 0.25) is 5.91 Å². The first-order valence-corrected chi connectivity index (χ1v) is 7.85. The lowest BCUT2D eigenvalue weighted by Gasteiger charge is -2.06. The van der Waals surface area contributed by atoms with Crippen LogP contribution in [0.4, 0.5) is 10.1 Å². The lowest BCUT2D eigenvalue weighted by atomic mass is 10.2. The Bertz CT molecular complexity index is 680. The number of nitrogens with one attached hydrogen (secondary N) is 1. The first-order valence-electron chi connectivity index (χ1n) is 6.86. The van der Waals surface area contributed by atoms with Crippen LogP contribution in [0.15, 0.2) is 53.4 Å². The van der Waals surface area contributed by atoms with Gasteiger partial charge in [-0.25, -0.2) is 4.39 Å². The molecule has 0 atom stereocenters. The van der Waals surface area contributed by atoms with Gasteiger partial charge in [-0.1, -0.05) is 12.1 Å². The Morgan fingerprint density at radius 3 is 2.64 bits per heavy atom. The van der Waals surface area contributed by atoms with E-state index in [9.17, 15) is 9.18 Å². The molecular formula is C17H15FN2OS. The Morgan fingerprint density at radius 1 is 1.18 bits per heavy atom. The van der Waals surface area contributed by atoms with Crippen molar-refractivity contribution in [2.24, 2.45) is 0 Å². The van der Waals surface area contributed by atoms with Gasteiger partial charge in [-0.3, -0.25) is 4.79 Å². The zero-order chi connectivity index (χ0) is 15.8. The molecule has 0 unspecified atom stereocenters. The number of carbonyl (C=O) groups is 1. The van der Waals surface area contributed by atoms with Crippen molar-refractivity contribution in [3.63, 3.8) is 0 Å². The maximum absolute atomic E-state index is 12.8. The van der Waals surface area contributed by atoms with E-state index in [2.05, 4.69) is 5.32 Å². The van der Waals surface area contributed by atoms with Crippen LogP contribution in [-0.4, -0.2) is 11.7 Å². The molecule has 0 aliphatic carbocycles. The molecule has 0 spiro atoms. The fourth-order valence-electron chi connectivity index (χ4n) is 1.86. The third kappa shape index (κ3) is 4.90. The SMILES string of the molecule is N#Cc1ccccc1NC(=O)CCCSc1ccc(F)cc1. The summed E-state index contributed by atoms with van der Waals surface area (Å²) in [7, 11) is 0. The Kier molecular flexibility index (Phi) is 5.99. The van der Waals surface area contributed by atoms with Gasteiger partial charge in [-0.05, 0) is 48.6 Å². The number of anilines is 1. The second kappa shape index (κ2) is 8.20. The summed E-state index contributed by atoms with van der Waals surface area (Å²) >= 11 is 1.59. The minimum Gasteiger partial charge on any atom is -0.325 e. The van der Waals surface area contributed by atoms with Crippen LogP contribution in [0.5, 0.6) is 0 Å². The van der Waals surface area contributed by atoms with Crippen LogP contribution in [0.1, 0.15) is 18.4 Å². The van der Waals surface area contributed by atoms with Crippen LogP contribution in [0.3, 0.4) is 0 Å². The molecule has 0 radical (unpaired) electrons.